The lowest BCUT2D eigenvalue weighted by molar-refractivity contribution is 0.178. The Balaban J connectivity index is 2.01. The van der Waals surface area contributed by atoms with Gasteiger partial charge in [-0.3, -0.25) is 9.13 Å². The first kappa shape index (κ1) is 13.9. The molecule has 1 rings (SSSR count). The van der Waals surface area contributed by atoms with Crippen molar-refractivity contribution in [3.63, 3.8) is 0 Å². The van der Waals surface area contributed by atoms with Crippen molar-refractivity contribution >= 4 is 32.4 Å². The number of rotatable bonds is 8. The Morgan fingerprint density at radius 2 is 1.40 bits per heavy atom. The molecule has 15 heavy (non-hydrogen) atoms. The van der Waals surface area contributed by atoms with Crippen LogP contribution in [0.15, 0.2) is 0 Å². The summed E-state index contributed by atoms with van der Waals surface area (Å²) in [6.45, 7) is 7.29. The van der Waals surface area contributed by atoms with Gasteiger partial charge in [0, 0.05) is 0 Å². The van der Waals surface area contributed by atoms with E-state index in [1.165, 1.54) is 51.6 Å². The Bertz CT molecular complexity index is 153. The van der Waals surface area contributed by atoms with Crippen LogP contribution in [-0.4, -0.2) is 36.2 Å². The summed E-state index contributed by atoms with van der Waals surface area (Å²) in [5.41, 5.74) is 0. The molecule has 0 aliphatic carbocycles. The summed E-state index contributed by atoms with van der Waals surface area (Å²) in [4.78, 5) is 0. The van der Waals surface area contributed by atoms with Crippen LogP contribution in [0.1, 0.15) is 52.4 Å². The van der Waals surface area contributed by atoms with E-state index in [1.807, 2.05) is 0 Å². The van der Waals surface area contributed by atoms with Crippen molar-refractivity contribution in [2.24, 2.45) is 0 Å². The molecule has 0 aromatic rings. The van der Waals surface area contributed by atoms with Gasteiger partial charge in [0.15, 0.2) is 9.84 Å². The Labute approximate surface area is 111 Å². The van der Waals surface area contributed by atoms with E-state index in [9.17, 15) is 0 Å². The Morgan fingerprint density at radius 3 is 1.73 bits per heavy atom. The molecule has 1 aliphatic rings. The Morgan fingerprint density at radius 1 is 0.933 bits per heavy atom. The zero-order chi connectivity index (χ0) is 11.1. The molecule has 1 saturated heterocycles. The number of hydrogen-bond acceptors (Lipinski definition) is 2. The molecule has 90 valence electrons. The van der Waals surface area contributed by atoms with Crippen LogP contribution >= 0.6 is 22.6 Å². The van der Waals surface area contributed by atoms with E-state index in [0.29, 0.717) is 0 Å². The molecule has 0 aromatic heterocycles. The highest BCUT2D eigenvalue weighted by Crippen LogP contribution is 2.23. The van der Waals surface area contributed by atoms with Gasteiger partial charge in [-0.25, -0.2) is 0 Å². The van der Waals surface area contributed by atoms with Gasteiger partial charge in [0.25, 0.3) is 0 Å². The van der Waals surface area contributed by atoms with Crippen LogP contribution in [0, 0.1) is 0 Å². The first-order chi connectivity index (χ1) is 7.29. The second-order valence-electron chi connectivity index (χ2n) is 4.49. The van der Waals surface area contributed by atoms with E-state index in [1.54, 1.807) is 0 Å². The highest BCUT2D eigenvalue weighted by atomic mass is 127. The maximum atomic E-state index is 2.72. The molecule has 1 heterocycles. The second kappa shape index (κ2) is 8.03. The number of alkyl halides is 1. The van der Waals surface area contributed by atoms with Gasteiger partial charge in [0.05, 0.1) is 0 Å². The van der Waals surface area contributed by atoms with Crippen molar-refractivity contribution < 1.29 is 0 Å². The number of unbranched alkanes of at least 4 members (excludes halogenated alkanes) is 4. The molecule has 4 heteroatoms. The highest BCUT2D eigenvalue weighted by molar-refractivity contribution is 14.1. The van der Waals surface area contributed by atoms with Crippen molar-refractivity contribution in [3.05, 3.63) is 0 Å². The second-order valence-corrected chi connectivity index (χ2v) is 7.51. The van der Waals surface area contributed by atoms with E-state index in [0.717, 1.165) is 4.17 Å². The standard InChI is InChI=1S/C11H25IN2Si/c1-3-5-7-9-13-11(12)14(15-13)10-8-6-4-2/h11H,3-10,15H2,1-2H3. The third kappa shape index (κ3) is 4.71. The maximum Gasteiger partial charge on any atom is 0.176 e. The van der Waals surface area contributed by atoms with Gasteiger partial charge in [-0.2, -0.15) is 0 Å². The van der Waals surface area contributed by atoms with Crippen molar-refractivity contribution in [2.45, 2.75) is 56.5 Å². The Hall–Kier alpha value is 0.867. The quantitative estimate of drug-likeness (QED) is 0.220. The fourth-order valence-corrected chi connectivity index (χ4v) is 5.22. The first-order valence-corrected chi connectivity index (χ1v) is 8.92. The zero-order valence-corrected chi connectivity index (χ0v) is 13.8. The van der Waals surface area contributed by atoms with Crippen molar-refractivity contribution in [2.75, 3.05) is 13.1 Å². The van der Waals surface area contributed by atoms with Crippen molar-refractivity contribution in [3.8, 4) is 0 Å². The minimum absolute atomic E-state index is 0.0113. The number of nitrogens with zero attached hydrogens (tertiary/aromatic N) is 2. The Kier molecular flexibility index (Phi) is 7.46. The van der Waals surface area contributed by atoms with Crippen molar-refractivity contribution in [1.29, 1.82) is 0 Å². The molecule has 0 radical (unpaired) electrons. The van der Waals surface area contributed by atoms with Crippen LogP contribution in [-0.2, 0) is 0 Å². The van der Waals surface area contributed by atoms with E-state index in [4.69, 9.17) is 0 Å². The summed E-state index contributed by atoms with van der Waals surface area (Å²) >= 11 is 2.61. The van der Waals surface area contributed by atoms with E-state index >= 15 is 0 Å². The normalized spacial score (nSPS) is 24.6. The van der Waals surface area contributed by atoms with Crippen LogP contribution < -0.4 is 0 Å². The summed E-state index contributed by atoms with van der Waals surface area (Å²) < 4.78 is 6.19. The third-order valence-electron chi connectivity index (χ3n) is 3.06. The predicted molar refractivity (Wildman–Crippen MR) is 78.8 cm³/mol. The van der Waals surface area contributed by atoms with Gasteiger partial charge in [0.1, 0.15) is 4.17 Å². The molecule has 0 atom stereocenters. The van der Waals surface area contributed by atoms with E-state index in [2.05, 4.69) is 45.6 Å². The van der Waals surface area contributed by atoms with Gasteiger partial charge >= 0.3 is 0 Å². The minimum atomic E-state index is -0.0113. The van der Waals surface area contributed by atoms with Crippen LogP contribution in [0.4, 0.5) is 0 Å². The molecule has 1 aliphatic heterocycles. The highest BCUT2D eigenvalue weighted by Gasteiger charge is 2.32. The van der Waals surface area contributed by atoms with Gasteiger partial charge < -0.3 is 0 Å². The van der Waals surface area contributed by atoms with Crippen LogP contribution in [0.5, 0.6) is 0 Å². The largest absolute Gasteiger partial charge is 0.293 e. The maximum absolute atomic E-state index is 2.72. The molecular formula is C11H25IN2Si. The van der Waals surface area contributed by atoms with E-state index < -0.39 is 0 Å². The van der Waals surface area contributed by atoms with Crippen molar-refractivity contribution in [1.82, 2.24) is 9.13 Å². The van der Waals surface area contributed by atoms with Gasteiger partial charge in [-0.15, -0.1) is 0 Å². The lowest BCUT2D eigenvalue weighted by Gasteiger charge is -2.48. The van der Waals surface area contributed by atoms with Crippen LogP contribution in [0.25, 0.3) is 0 Å². The third-order valence-corrected chi connectivity index (χ3v) is 8.18. The zero-order valence-electron chi connectivity index (χ0n) is 10.2. The summed E-state index contributed by atoms with van der Waals surface area (Å²) in [6, 6.07) is 0. The molecule has 0 saturated carbocycles. The lowest BCUT2D eigenvalue weighted by Crippen LogP contribution is -2.63. The summed E-state index contributed by atoms with van der Waals surface area (Å²) in [5.74, 6) is 0. The molecule has 1 fully saturated rings. The molecule has 0 aromatic carbocycles. The van der Waals surface area contributed by atoms with Crippen LogP contribution in [0.3, 0.4) is 0 Å². The fraction of sp³-hybridized carbons (Fsp3) is 1.00. The summed E-state index contributed by atoms with van der Waals surface area (Å²) in [5, 5.41) is 0. The average molecular weight is 340 g/mol. The molecule has 0 bridgehead atoms. The van der Waals surface area contributed by atoms with Gasteiger partial charge in [0.2, 0.25) is 0 Å². The minimum Gasteiger partial charge on any atom is -0.293 e. The smallest absolute Gasteiger partial charge is 0.176 e. The van der Waals surface area contributed by atoms with Gasteiger partial charge in [-0.1, -0.05) is 39.5 Å². The van der Waals surface area contributed by atoms with Gasteiger partial charge in [-0.05, 0) is 48.5 Å². The first-order valence-electron chi connectivity index (χ1n) is 6.41. The molecule has 0 spiro atoms. The molecular weight excluding hydrogens is 315 g/mol. The average Bonchev–Trinajstić information content (AvgIpc) is 2.25. The monoisotopic (exact) mass is 340 g/mol. The fourth-order valence-electron chi connectivity index (χ4n) is 1.99. The molecule has 0 N–H and O–H groups in total. The number of hydrogen-bond donors (Lipinski definition) is 0. The molecule has 0 unspecified atom stereocenters. The SMILES string of the molecule is CCCCCN1[SiH2]N(CCCCC)C1I. The molecule has 0 amide bonds. The number of halogens is 1. The lowest BCUT2D eigenvalue weighted by atomic mass is 10.2. The van der Waals surface area contributed by atoms with E-state index in [-0.39, 0.29) is 9.84 Å². The van der Waals surface area contributed by atoms with Crippen LogP contribution in [0.2, 0.25) is 0 Å². The summed E-state index contributed by atoms with van der Waals surface area (Å²) in [6.07, 6.45) is 8.33. The molecule has 2 nitrogen and oxygen atoms in total. The predicted octanol–water partition coefficient (Wildman–Crippen LogP) is 2.70. The summed E-state index contributed by atoms with van der Waals surface area (Å²) in [7, 11) is -0.0113. The topological polar surface area (TPSA) is 6.48 Å².